The number of benzene rings is 2. The van der Waals surface area contributed by atoms with Gasteiger partial charge in [-0.05, 0) is 35.9 Å². The van der Waals surface area contributed by atoms with Gasteiger partial charge in [0.15, 0.2) is 5.65 Å². The Kier molecular flexibility index (Phi) is 5.92. The number of fused-ring (bicyclic) bond motifs is 1. The van der Waals surface area contributed by atoms with Crippen molar-refractivity contribution in [3.63, 3.8) is 0 Å². The number of nitrogens with zero attached hydrogens (tertiary/aromatic N) is 6. The van der Waals surface area contributed by atoms with Crippen LogP contribution < -0.4 is 10.9 Å². The molecule has 1 amide bonds. The Morgan fingerprint density at radius 1 is 1.09 bits per heavy atom. The molecule has 0 saturated carbocycles. The summed E-state index contributed by atoms with van der Waals surface area (Å²) in [4.78, 5) is 30.0. The molecule has 5 rings (SSSR count). The second kappa shape index (κ2) is 9.34. The minimum atomic E-state index is -0.335. The number of carbonyl (C=O) groups is 1. The number of rotatable bonds is 7. The number of halogens is 1. The Hall–Kier alpha value is -4.60. The van der Waals surface area contributed by atoms with Crippen LogP contribution in [0.5, 0.6) is 0 Å². The third-order valence-electron chi connectivity index (χ3n) is 5.68. The van der Waals surface area contributed by atoms with Crippen LogP contribution in [0.2, 0.25) is 0 Å². The van der Waals surface area contributed by atoms with Crippen LogP contribution in [-0.4, -0.2) is 41.6 Å². The zero-order valence-electron chi connectivity index (χ0n) is 18.9. The van der Waals surface area contributed by atoms with Crippen molar-refractivity contribution in [2.45, 2.75) is 13.1 Å². The number of nitrogens with one attached hydrogen (secondary N) is 1. The van der Waals surface area contributed by atoms with Crippen molar-refractivity contribution in [2.75, 3.05) is 6.54 Å². The van der Waals surface area contributed by atoms with Gasteiger partial charge in [0.05, 0.1) is 25.0 Å². The van der Waals surface area contributed by atoms with Crippen LogP contribution in [-0.2, 0) is 20.1 Å². The van der Waals surface area contributed by atoms with E-state index in [1.165, 1.54) is 29.3 Å². The van der Waals surface area contributed by atoms with Gasteiger partial charge in [0.1, 0.15) is 23.2 Å². The van der Waals surface area contributed by atoms with Gasteiger partial charge in [0.25, 0.3) is 11.5 Å². The van der Waals surface area contributed by atoms with Crippen molar-refractivity contribution in [1.29, 1.82) is 0 Å². The Labute approximate surface area is 199 Å². The SMILES string of the molecule is Cn1nc(-c2ccc(F)cc2)cc1C(=O)NCCn1ncc2c(=O)n(Cc3ccccc3)cnc21. The van der Waals surface area contributed by atoms with E-state index >= 15 is 0 Å². The van der Waals surface area contributed by atoms with Gasteiger partial charge in [-0.2, -0.15) is 10.2 Å². The van der Waals surface area contributed by atoms with Crippen molar-refractivity contribution >= 4 is 16.9 Å². The van der Waals surface area contributed by atoms with E-state index in [4.69, 9.17) is 0 Å². The maximum atomic E-state index is 13.2. The van der Waals surface area contributed by atoms with Gasteiger partial charge >= 0.3 is 0 Å². The third-order valence-corrected chi connectivity index (χ3v) is 5.68. The average molecular weight is 471 g/mol. The first-order valence-electron chi connectivity index (χ1n) is 11.0. The summed E-state index contributed by atoms with van der Waals surface area (Å²) in [5, 5.41) is 11.9. The first kappa shape index (κ1) is 22.2. The molecule has 0 atom stereocenters. The highest BCUT2D eigenvalue weighted by atomic mass is 19.1. The number of hydrogen-bond acceptors (Lipinski definition) is 5. The molecule has 10 heteroatoms. The van der Waals surface area contributed by atoms with Crippen LogP contribution >= 0.6 is 0 Å². The lowest BCUT2D eigenvalue weighted by Crippen LogP contribution is -2.29. The van der Waals surface area contributed by atoms with Crippen LogP contribution in [0, 0.1) is 5.82 Å². The van der Waals surface area contributed by atoms with E-state index in [9.17, 15) is 14.0 Å². The Morgan fingerprint density at radius 2 is 1.86 bits per heavy atom. The summed E-state index contributed by atoms with van der Waals surface area (Å²) < 4.78 is 17.8. The number of amides is 1. The third kappa shape index (κ3) is 4.58. The molecule has 176 valence electrons. The molecular formula is C25H22FN7O2. The van der Waals surface area contributed by atoms with Crippen molar-refractivity contribution in [1.82, 2.24) is 34.4 Å². The topological polar surface area (TPSA) is 99.6 Å². The summed E-state index contributed by atoms with van der Waals surface area (Å²) >= 11 is 0. The molecule has 9 nitrogen and oxygen atoms in total. The zero-order valence-corrected chi connectivity index (χ0v) is 18.9. The molecule has 0 spiro atoms. The highest BCUT2D eigenvalue weighted by molar-refractivity contribution is 5.93. The lowest BCUT2D eigenvalue weighted by atomic mass is 10.1. The van der Waals surface area contributed by atoms with E-state index < -0.39 is 0 Å². The quantitative estimate of drug-likeness (QED) is 0.393. The molecule has 0 radical (unpaired) electrons. The summed E-state index contributed by atoms with van der Waals surface area (Å²) in [7, 11) is 1.67. The average Bonchev–Trinajstić information content (AvgIpc) is 3.46. The molecule has 5 aromatic rings. The Morgan fingerprint density at radius 3 is 2.63 bits per heavy atom. The lowest BCUT2D eigenvalue weighted by Gasteiger charge is -2.07. The molecule has 3 aromatic heterocycles. The van der Waals surface area contributed by atoms with E-state index in [2.05, 4.69) is 20.5 Å². The van der Waals surface area contributed by atoms with Gasteiger partial charge in [-0.25, -0.2) is 14.1 Å². The van der Waals surface area contributed by atoms with Gasteiger partial charge < -0.3 is 5.32 Å². The summed E-state index contributed by atoms with van der Waals surface area (Å²) in [6.07, 6.45) is 3.02. The number of carbonyl (C=O) groups excluding carboxylic acids is 1. The molecule has 0 aliphatic carbocycles. The van der Waals surface area contributed by atoms with Gasteiger partial charge in [-0.3, -0.25) is 18.8 Å². The molecule has 0 aliphatic heterocycles. The zero-order chi connectivity index (χ0) is 24.4. The van der Waals surface area contributed by atoms with Gasteiger partial charge in [0.2, 0.25) is 0 Å². The minimum absolute atomic E-state index is 0.169. The maximum absolute atomic E-state index is 13.2. The maximum Gasteiger partial charge on any atom is 0.269 e. The summed E-state index contributed by atoms with van der Waals surface area (Å²) in [6.45, 7) is 1.04. The monoisotopic (exact) mass is 471 g/mol. The fraction of sp³-hybridized carbons (Fsp3) is 0.160. The molecule has 0 bridgehead atoms. The largest absolute Gasteiger partial charge is 0.349 e. The molecular weight excluding hydrogens is 449 g/mol. The van der Waals surface area contributed by atoms with Crippen LogP contribution in [0.15, 0.2) is 78.0 Å². The predicted octanol–water partition coefficient (Wildman–Crippen LogP) is 2.61. The van der Waals surface area contributed by atoms with E-state index in [1.807, 2.05) is 30.3 Å². The van der Waals surface area contributed by atoms with Crippen molar-refractivity contribution in [3.05, 3.63) is 101 Å². The van der Waals surface area contributed by atoms with Crippen molar-refractivity contribution < 1.29 is 9.18 Å². The van der Waals surface area contributed by atoms with E-state index in [1.54, 1.807) is 34.5 Å². The Balaban J connectivity index is 1.25. The normalized spacial score (nSPS) is 11.1. The minimum Gasteiger partial charge on any atom is -0.349 e. The standard InChI is InChI=1S/C25H22FN7O2/c1-31-22(13-21(30-31)18-7-9-19(26)10-8-18)24(34)27-11-12-33-23-20(14-29-33)25(35)32(16-28-23)15-17-5-3-2-4-6-17/h2-10,13-14,16H,11-12,15H2,1H3,(H,27,34). The smallest absolute Gasteiger partial charge is 0.269 e. The molecule has 2 aromatic carbocycles. The highest BCUT2D eigenvalue weighted by Gasteiger charge is 2.15. The van der Waals surface area contributed by atoms with Gasteiger partial charge in [-0.15, -0.1) is 0 Å². The number of aromatic nitrogens is 6. The molecule has 1 N–H and O–H groups in total. The van der Waals surface area contributed by atoms with E-state index in [-0.39, 0.29) is 23.8 Å². The Bertz CT molecular complexity index is 1550. The second-order valence-electron chi connectivity index (χ2n) is 8.07. The van der Waals surface area contributed by atoms with Crippen molar-refractivity contribution in [3.8, 4) is 11.3 Å². The van der Waals surface area contributed by atoms with E-state index in [0.29, 0.717) is 41.1 Å². The molecule has 0 saturated heterocycles. The number of aryl methyl sites for hydroxylation is 1. The van der Waals surface area contributed by atoms with Gasteiger partial charge in [0, 0.05) is 19.2 Å². The van der Waals surface area contributed by atoms with Crippen LogP contribution in [0.1, 0.15) is 16.1 Å². The molecule has 35 heavy (non-hydrogen) atoms. The van der Waals surface area contributed by atoms with Crippen LogP contribution in [0.4, 0.5) is 4.39 Å². The van der Waals surface area contributed by atoms with Crippen LogP contribution in [0.3, 0.4) is 0 Å². The predicted molar refractivity (Wildman–Crippen MR) is 128 cm³/mol. The van der Waals surface area contributed by atoms with E-state index in [0.717, 1.165) is 5.56 Å². The molecule has 0 fully saturated rings. The van der Waals surface area contributed by atoms with Gasteiger partial charge in [-0.1, -0.05) is 30.3 Å². The molecule has 0 unspecified atom stereocenters. The molecule has 0 aliphatic rings. The first-order chi connectivity index (χ1) is 17.0. The fourth-order valence-corrected chi connectivity index (χ4v) is 3.86. The number of hydrogen-bond donors (Lipinski definition) is 1. The fourth-order valence-electron chi connectivity index (χ4n) is 3.86. The highest BCUT2D eigenvalue weighted by Crippen LogP contribution is 2.19. The summed E-state index contributed by atoms with van der Waals surface area (Å²) in [5.74, 6) is -0.638. The molecule has 3 heterocycles. The lowest BCUT2D eigenvalue weighted by molar-refractivity contribution is 0.0942. The van der Waals surface area contributed by atoms with Crippen molar-refractivity contribution in [2.24, 2.45) is 7.05 Å². The van der Waals surface area contributed by atoms with Crippen LogP contribution in [0.25, 0.3) is 22.3 Å². The first-order valence-corrected chi connectivity index (χ1v) is 11.0. The summed E-state index contributed by atoms with van der Waals surface area (Å²) in [6, 6.07) is 17.3. The summed E-state index contributed by atoms with van der Waals surface area (Å²) in [5.41, 5.74) is 2.96. The second-order valence-corrected chi connectivity index (χ2v) is 8.07.